The summed E-state index contributed by atoms with van der Waals surface area (Å²) in [6.07, 6.45) is 4.26. The zero-order valence-corrected chi connectivity index (χ0v) is 22.1. The molecule has 5 rings (SSSR count). The van der Waals surface area contributed by atoms with Crippen LogP contribution in [0.3, 0.4) is 0 Å². The summed E-state index contributed by atoms with van der Waals surface area (Å²) in [7, 11) is 2.82. The molecule has 0 radical (unpaired) electrons. The number of fused-ring (bicyclic) bond motifs is 3. The van der Waals surface area contributed by atoms with E-state index in [4.69, 9.17) is 23.7 Å². The Morgan fingerprint density at radius 1 is 1.22 bits per heavy atom. The number of benzene rings is 1. The Bertz CT molecular complexity index is 1100. The molecule has 1 N–H and O–H groups in total. The molecule has 9 heteroatoms. The van der Waals surface area contributed by atoms with Crippen LogP contribution in [0.4, 0.5) is 0 Å². The van der Waals surface area contributed by atoms with Crippen molar-refractivity contribution in [1.29, 1.82) is 0 Å². The Morgan fingerprint density at radius 2 is 1.97 bits per heavy atom. The molecule has 1 aliphatic carbocycles. The van der Waals surface area contributed by atoms with Crippen LogP contribution < -0.4 is 9.47 Å². The lowest BCUT2D eigenvalue weighted by atomic mass is 9.77. The molecule has 202 valence electrons. The number of carbonyl (C=O) groups excluding carboxylic acids is 2. The van der Waals surface area contributed by atoms with Gasteiger partial charge >= 0.3 is 11.9 Å². The van der Waals surface area contributed by atoms with Gasteiger partial charge in [0.25, 0.3) is 0 Å². The third kappa shape index (κ3) is 4.46. The number of esters is 2. The van der Waals surface area contributed by atoms with E-state index in [1.54, 1.807) is 7.11 Å². The summed E-state index contributed by atoms with van der Waals surface area (Å²) in [5.74, 6) is 0.431. The van der Waals surface area contributed by atoms with Crippen molar-refractivity contribution >= 4 is 11.9 Å². The van der Waals surface area contributed by atoms with E-state index in [-0.39, 0.29) is 30.6 Å². The van der Waals surface area contributed by atoms with Gasteiger partial charge < -0.3 is 28.8 Å². The zero-order chi connectivity index (χ0) is 26.4. The van der Waals surface area contributed by atoms with Crippen LogP contribution in [-0.2, 0) is 30.2 Å². The van der Waals surface area contributed by atoms with Gasteiger partial charge in [-0.25, -0.2) is 4.79 Å². The highest BCUT2D eigenvalue weighted by Gasteiger charge is 2.59. The maximum absolute atomic E-state index is 13.7. The van der Waals surface area contributed by atoms with Gasteiger partial charge in [0, 0.05) is 6.54 Å². The molecule has 37 heavy (non-hydrogen) atoms. The minimum atomic E-state index is -2.00. The maximum Gasteiger partial charge on any atom is 0.339 e. The van der Waals surface area contributed by atoms with Crippen molar-refractivity contribution in [2.45, 2.75) is 75.5 Å². The molecule has 1 aromatic rings. The molecule has 0 bridgehead atoms. The normalized spacial score (nSPS) is 27.5. The fourth-order valence-corrected chi connectivity index (χ4v) is 6.42. The van der Waals surface area contributed by atoms with E-state index in [2.05, 4.69) is 11.0 Å². The highest BCUT2D eigenvalue weighted by molar-refractivity contribution is 5.86. The predicted molar refractivity (Wildman–Crippen MR) is 133 cm³/mol. The van der Waals surface area contributed by atoms with Crippen molar-refractivity contribution in [3.8, 4) is 11.5 Å². The molecule has 1 fully saturated rings. The standard InChI is InChI=1S/C28H37NO8/c1-17(2)6-9-28(32,15-23(30)34-4)26(31)37-25-22(33-3)14-27-8-5-10-29(27)11-7-18-12-20-21(36-16-35-20)13-19(18)24(25)27/h12-14,17,24-25,32H,5-11,15-16H2,1-4H3/t24-,25?,27?,28?/m1/s1. The second kappa shape index (κ2) is 9.83. The Balaban J connectivity index is 1.54. The zero-order valence-electron chi connectivity index (χ0n) is 22.1. The van der Waals surface area contributed by atoms with E-state index < -0.39 is 30.1 Å². The highest BCUT2D eigenvalue weighted by atomic mass is 16.7. The monoisotopic (exact) mass is 515 g/mol. The molecule has 0 aromatic heterocycles. The first-order valence-corrected chi connectivity index (χ1v) is 13.2. The molecular weight excluding hydrogens is 478 g/mol. The third-order valence-corrected chi connectivity index (χ3v) is 8.38. The van der Waals surface area contributed by atoms with Gasteiger partial charge in [0.05, 0.1) is 32.1 Å². The number of hydrogen-bond acceptors (Lipinski definition) is 9. The minimum absolute atomic E-state index is 0.0918. The average molecular weight is 516 g/mol. The summed E-state index contributed by atoms with van der Waals surface area (Å²) in [6.45, 7) is 5.97. The summed E-state index contributed by atoms with van der Waals surface area (Å²) in [5.41, 5.74) is -0.217. The van der Waals surface area contributed by atoms with Gasteiger partial charge in [0.1, 0.15) is 5.76 Å². The van der Waals surface area contributed by atoms with Gasteiger partial charge in [-0.15, -0.1) is 0 Å². The average Bonchev–Trinajstić information content (AvgIpc) is 3.56. The van der Waals surface area contributed by atoms with Gasteiger partial charge in [0.2, 0.25) is 6.79 Å². The minimum Gasteiger partial charge on any atom is -0.497 e. The van der Waals surface area contributed by atoms with Crippen LogP contribution in [0.1, 0.15) is 63.0 Å². The fourth-order valence-electron chi connectivity index (χ4n) is 6.42. The second-order valence-corrected chi connectivity index (χ2v) is 11.0. The Morgan fingerprint density at radius 3 is 2.68 bits per heavy atom. The smallest absolute Gasteiger partial charge is 0.339 e. The highest BCUT2D eigenvalue weighted by Crippen LogP contribution is 2.55. The summed E-state index contributed by atoms with van der Waals surface area (Å²) in [5, 5.41) is 11.4. The Kier molecular flexibility index (Phi) is 6.87. The van der Waals surface area contributed by atoms with Crippen molar-refractivity contribution < 1.29 is 38.4 Å². The third-order valence-electron chi connectivity index (χ3n) is 8.38. The van der Waals surface area contributed by atoms with Gasteiger partial charge in [-0.1, -0.05) is 13.8 Å². The molecule has 1 spiro atoms. The van der Waals surface area contributed by atoms with Crippen LogP contribution in [0.2, 0.25) is 0 Å². The largest absolute Gasteiger partial charge is 0.497 e. The van der Waals surface area contributed by atoms with Crippen LogP contribution in [0.15, 0.2) is 24.0 Å². The van der Waals surface area contributed by atoms with E-state index in [0.717, 1.165) is 49.2 Å². The topological polar surface area (TPSA) is 104 Å². The molecule has 3 heterocycles. The number of ether oxygens (including phenoxy) is 5. The van der Waals surface area contributed by atoms with Crippen LogP contribution in [0.5, 0.6) is 11.5 Å². The molecule has 1 saturated heterocycles. The number of nitrogens with zero attached hydrogens (tertiary/aromatic N) is 1. The van der Waals surface area contributed by atoms with Gasteiger partial charge in [-0.2, -0.15) is 0 Å². The van der Waals surface area contributed by atoms with E-state index in [9.17, 15) is 14.7 Å². The van der Waals surface area contributed by atoms with Crippen molar-refractivity contribution in [3.05, 3.63) is 35.1 Å². The lowest BCUT2D eigenvalue weighted by Gasteiger charge is -2.39. The van der Waals surface area contributed by atoms with Gasteiger partial charge in [-0.3, -0.25) is 9.69 Å². The summed E-state index contributed by atoms with van der Waals surface area (Å²) >= 11 is 0. The molecule has 0 saturated carbocycles. The first-order chi connectivity index (χ1) is 17.7. The molecular formula is C28H37NO8. The van der Waals surface area contributed by atoms with E-state index in [0.29, 0.717) is 17.9 Å². The molecule has 1 aromatic carbocycles. The summed E-state index contributed by atoms with van der Waals surface area (Å²) in [6, 6.07) is 4.05. The first kappa shape index (κ1) is 25.9. The van der Waals surface area contributed by atoms with Crippen molar-refractivity contribution in [1.82, 2.24) is 4.90 Å². The number of carbonyl (C=O) groups is 2. The number of aliphatic hydroxyl groups is 1. The van der Waals surface area contributed by atoms with E-state index in [1.807, 2.05) is 26.0 Å². The SMILES string of the molecule is COC(=O)CC(O)(CCC(C)C)C(=O)OC1C(OC)=CC23CCCN2CCc2cc4c(cc2[C@H]13)OCO4. The van der Waals surface area contributed by atoms with Crippen LogP contribution >= 0.6 is 0 Å². The molecule has 9 nitrogen and oxygen atoms in total. The molecule has 3 aliphatic heterocycles. The quantitative estimate of drug-likeness (QED) is 0.523. The Hall–Kier alpha value is -2.78. The van der Waals surface area contributed by atoms with Crippen LogP contribution in [0.25, 0.3) is 0 Å². The fraction of sp³-hybridized carbons (Fsp3) is 0.643. The first-order valence-electron chi connectivity index (χ1n) is 13.2. The van der Waals surface area contributed by atoms with Crippen LogP contribution in [0, 0.1) is 5.92 Å². The number of methoxy groups -OCH3 is 2. The molecule has 4 aliphatic rings. The Labute approximate surface area is 217 Å². The second-order valence-electron chi connectivity index (χ2n) is 11.0. The molecule has 3 unspecified atom stereocenters. The van der Waals surface area contributed by atoms with E-state index >= 15 is 0 Å². The van der Waals surface area contributed by atoms with Crippen molar-refractivity contribution in [3.63, 3.8) is 0 Å². The van der Waals surface area contributed by atoms with Gasteiger partial charge in [-0.05, 0) is 73.9 Å². The predicted octanol–water partition coefficient (Wildman–Crippen LogP) is 3.08. The number of hydrogen-bond donors (Lipinski definition) is 1. The van der Waals surface area contributed by atoms with Crippen molar-refractivity contribution in [2.75, 3.05) is 34.1 Å². The van der Waals surface area contributed by atoms with E-state index in [1.165, 1.54) is 7.11 Å². The van der Waals surface area contributed by atoms with Crippen molar-refractivity contribution in [2.24, 2.45) is 5.92 Å². The lowest BCUT2D eigenvalue weighted by molar-refractivity contribution is -0.178. The molecule has 4 atom stereocenters. The number of rotatable bonds is 8. The van der Waals surface area contributed by atoms with Gasteiger partial charge in [0.15, 0.2) is 23.2 Å². The summed E-state index contributed by atoms with van der Waals surface area (Å²) < 4.78 is 28.1. The van der Waals surface area contributed by atoms with Crippen LogP contribution in [-0.4, -0.2) is 73.3 Å². The maximum atomic E-state index is 13.7. The summed E-state index contributed by atoms with van der Waals surface area (Å²) in [4.78, 5) is 28.3. The lowest BCUT2D eigenvalue weighted by Crippen LogP contribution is -2.49. The molecule has 0 amide bonds.